The highest BCUT2D eigenvalue weighted by molar-refractivity contribution is 5.69. The van der Waals surface area contributed by atoms with Gasteiger partial charge in [-0.05, 0) is 36.6 Å². The smallest absolute Gasteiger partial charge is 0.326 e. The van der Waals surface area contributed by atoms with Crippen molar-refractivity contribution in [2.75, 3.05) is 5.73 Å². The van der Waals surface area contributed by atoms with E-state index in [1.165, 1.54) is 28.5 Å². The van der Waals surface area contributed by atoms with Gasteiger partial charge in [0.1, 0.15) is 13.2 Å². The number of benzene rings is 1. The molecule has 0 radical (unpaired) electrons. The highest BCUT2D eigenvalue weighted by Crippen LogP contribution is 2.10. The molecule has 0 fully saturated rings. The summed E-state index contributed by atoms with van der Waals surface area (Å²) in [6, 6.07) is 8.71. The second kappa shape index (κ2) is 6.26. The predicted octanol–water partition coefficient (Wildman–Crippen LogP) is 1.79. The summed E-state index contributed by atoms with van der Waals surface area (Å²) in [5.41, 5.74) is 8.99. The fraction of sp³-hybridized carbons (Fsp3) is 0.250. The predicted molar refractivity (Wildman–Crippen MR) is 80.8 cm³/mol. The van der Waals surface area contributed by atoms with Gasteiger partial charge in [0.15, 0.2) is 0 Å². The SMILES string of the molecule is Cc1ccc(COC(=O)Cn2cc(N)ccc2=O)cc1C. The maximum Gasteiger partial charge on any atom is 0.326 e. The Morgan fingerprint density at radius 2 is 1.95 bits per heavy atom. The number of aromatic nitrogens is 1. The number of esters is 1. The Morgan fingerprint density at radius 1 is 1.19 bits per heavy atom. The van der Waals surface area contributed by atoms with E-state index in [4.69, 9.17) is 10.5 Å². The summed E-state index contributed by atoms with van der Waals surface area (Å²) < 4.78 is 6.42. The minimum absolute atomic E-state index is 0.144. The number of nitrogens with two attached hydrogens (primary N) is 1. The molecule has 1 aromatic heterocycles. The number of ether oxygens (including phenoxy) is 1. The summed E-state index contributed by atoms with van der Waals surface area (Å²) in [5, 5.41) is 0. The molecule has 110 valence electrons. The lowest BCUT2D eigenvalue weighted by atomic mass is 10.1. The molecule has 0 saturated heterocycles. The molecule has 2 N–H and O–H groups in total. The quantitative estimate of drug-likeness (QED) is 0.870. The summed E-state index contributed by atoms with van der Waals surface area (Å²) in [5.74, 6) is -0.471. The van der Waals surface area contributed by atoms with E-state index in [2.05, 4.69) is 0 Å². The lowest BCUT2D eigenvalue weighted by molar-refractivity contribution is -0.145. The van der Waals surface area contributed by atoms with E-state index in [9.17, 15) is 9.59 Å². The topological polar surface area (TPSA) is 74.3 Å². The molecule has 1 heterocycles. The van der Waals surface area contributed by atoms with Crippen LogP contribution in [0.4, 0.5) is 5.69 Å². The van der Waals surface area contributed by atoms with E-state index in [0.29, 0.717) is 5.69 Å². The molecule has 0 aliphatic heterocycles. The Kier molecular flexibility index (Phi) is 4.42. The van der Waals surface area contributed by atoms with Crippen molar-refractivity contribution in [2.45, 2.75) is 27.0 Å². The zero-order valence-corrected chi connectivity index (χ0v) is 12.1. The van der Waals surface area contributed by atoms with Crippen molar-refractivity contribution in [2.24, 2.45) is 0 Å². The van der Waals surface area contributed by atoms with Gasteiger partial charge in [0, 0.05) is 18.0 Å². The van der Waals surface area contributed by atoms with Crippen LogP contribution in [-0.2, 0) is 22.7 Å². The molecular weight excluding hydrogens is 268 g/mol. The van der Waals surface area contributed by atoms with Crippen molar-refractivity contribution in [3.8, 4) is 0 Å². The molecule has 21 heavy (non-hydrogen) atoms. The van der Waals surface area contributed by atoms with Gasteiger partial charge in [0.05, 0.1) is 0 Å². The molecule has 0 amide bonds. The maximum absolute atomic E-state index is 11.8. The molecule has 5 nitrogen and oxygen atoms in total. The number of carbonyl (C=O) groups excluding carboxylic acids is 1. The van der Waals surface area contributed by atoms with Gasteiger partial charge in [-0.2, -0.15) is 0 Å². The van der Waals surface area contributed by atoms with Crippen LogP contribution < -0.4 is 11.3 Å². The Balaban J connectivity index is 1.97. The molecule has 0 atom stereocenters. The molecule has 5 heteroatoms. The number of aryl methyl sites for hydroxylation is 2. The lowest BCUT2D eigenvalue weighted by Crippen LogP contribution is -2.24. The largest absolute Gasteiger partial charge is 0.459 e. The molecule has 1 aromatic carbocycles. The zero-order valence-electron chi connectivity index (χ0n) is 12.1. The van der Waals surface area contributed by atoms with Crippen molar-refractivity contribution in [1.29, 1.82) is 0 Å². The highest BCUT2D eigenvalue weighted by atomic mass is 16.5. The molecule has 2 rings (SSSR count). The lowest BCUT2D eigenvalue weighted by Gasteiger charge is -2.08. The van der Waals surface area contributed by atoms with Gasteiger partial charge in [-0.3, -0.25) is 9.59 Å². The number of nitrogens with zero attached hydrogens (tertiary/aromatic N) is 1. The van der Waals surface area contributed by atoms with Gasteiger partial charge in [0.25, 0.3) is 5.56 Å². The first kappa shape index (κ1) is 14.8. The summed E-state index contributed by atoms with van der Waals surface area (Å²) in [6.45, 7) is 4.08. The van der Waals surface area contributed by atoms with Crippen LogP contribution in [0.25, 0.3) is 0 Å². The summed E-state index contributed by atoms with van der Waals surface area (Å²) in [4.78, 5) is 23.3. The van der Waals surface area contributed by atoms with E-state index in [1.807, 2.05) is 32.0 Å². The number of hydrogen-bond acceptors (Lipinski definition) is 4. The standard InChI is InChI=1S/C16H18N2O3/c1-11-3-4-13(7-12(11)2)10-21-16(20)9-18-8-14(17)5-6-15(18)19/h3-8H,9-10,17H2,1-2H3. The Morgan fingerprint density at radius 3 is 2.67 bits per heavy atom. The highest BCUT2D eigenvalue weighted by Gasteiger charge is 2.07. The Labute approximate surface area is 123 Å². The van der Waals surface area contributed by atoms with E-state index in [-0.39, 0.29) is 18.7 Å². The number of nitrogen functional groups attached to an aromatic ring is 1. The molecule has 2 aromatic rings. The molecule has 0 spiro atoms. The first-order chi connectivity index (χ1) is 9.95. The maximum atomic E-state index is 11.8. The van der Waals surface area contributed by atoms with Gasteiger partial charge in [-0.1, -0.05) is 18.2 Å². The monoisotopic (exact) mass is 286 g/mol. The summed E-state index contributed by atoms with van der Waals surface area (Å²) >= 11 is 0. The third kappa shape index (κ3) is 3.95. The van der Waals surface area contributed by atoms with E-state index in [1.54, 1.807) is 0 Å². The molecule has 0 unspecified atom stereocenters. The average molecular weight is 286 g/mol. The molecule has 0 saturated carbocycles. The second-order valence-electron chi connectivity index (χ2n) is 5.01. The van der Waals surface area contributed by atoms with E-state index >= 15 is 0 Å². The molecular formula is C16H18N2O3. The zero-order chi connectivity index (χ0) is 15.4. The van der Waals surface area contributed by atoms with Gasteiger partial charge >= 0.3 is 5.97 Å². The normalized spacial score (nSPS) is 10.4. The second-order valence-corrected chi connectivity index (χ2v) is 5.01. The number of hydrogen-bond donors (Lipinski definition) is 1. The van der Waals surface area contributed by atoms with Crippen LogP contribution in [0.3, 0.4) is 0 Å². The van der Waals surface area contributed by atoms with Crippen LogP contribution in [0, 0.1) is 13.8 Å². The number of rotatable bonds is 4. The van der Waals surface area contributed by atoms with Crippen LogP contribution >= 0.6 is 0 Å². The van der Waals surface area contributed by atoms with Crippen molar-refractivity contribution in [3.05, 3.63) is 63.6 Å². The fourth-order valence-corrected chi connectivity index (χ4v) is 1.92. The van der Waals surface area contributed by atoms with Crippen LogP contribution in [-0.4, -0.2) is 10.5 Å². The molecule has 0 aliphatic carbocycles. The first-order valence-electron chi connectivity index (χ1n) is 6.63. The number of carbonyl (C=O) groups is 1. The van der Waals surface area contributed by atoms with Crippen molar-refractivity contribution >= 4 is 11.7 Å². The Hall–Kier alpha value is -2.56. The van der Waals surface area contributed by atoms with Gasteiger partial charge < -0.3 is 15.0 Å². The first-order valence-corrected chi connectivity index (χ1v) is 6.63. The minimum Gasteiger partial charge on any atom is -0.459 e. The number of anilines is 1. The van der Waals surface area contributed by atoms with Crippen LogP contribution in [0.1, 0.15) is 16.7 Å². The van der Waals surface area contributed by atoms with Crippen LogP contribution in [0.2, 0.25) is 0 Å². The van der Waals surface area contributed by atoms with E-state index < -0.39 is 5.97 Å². The van der Waals surface area contributed by atoms with Crippen LogP contribution in [0.5, 0.6) is 0 Å². The van der Waals surface area contributed by atoms with E-state index in [0.717, 1.165) is 11.1 Å². The average Bonchev–Trinajstić information content (AvgIpc) is 2.44. The molecule has 0 bridgehead atoms. The molecule has 0 aliphatic rings. The third-order valence-electron chi connectivity index (χ3n) is 3.28. The van der Waals surface area contributed by atoms with Crippen molar-refractivity contribution < 1.29 is 9.53 Å². The van der Waals surface area contributed by atoms with Crippen LogP contribution in [0.15, 0.2) is 41.3 Å². The number of pyridine rings is 1. The van der Waals surface area contributed by atoms with Crippen molar-refractivity contribution in [3.63, 3.8) is 0 Å². The third-order valence-corrected chi connectivity index (χ3v) is 3.28. The van der Waals surface area contributed by atoms with Gasteiger partial charge in [-0.15, -0.1) is 0 Å². The van der Waals surface area contributed by atoms with Gasteiger partial charge in [-0.25, -0.2) is 0 Å². The van der Waals surface area contributed by atoms with Gasteiger partial charge in [0.2, 0.25) is 0 Å². The minimum atomic E-state index is -0.471. The fourth-order valence-electron chi connectivity index (χ4n) is 1.92. The Bertz CT molecular complexity index is 720. The summed E-state index contributed by atoms with van der Waals surface area (Å²) in [7, 11) is 0. The van der Waals surface area contributed by atoms with Crippen molar-refractivity contribution in [1.82, 2.24) is 4.57 Å². The summed E-state index contributed by atoms with van der Waals surface area (Å²) in [6.07, 6.45) is 1.43.